The molecule has 0 aliphatic carbocycles. The van der Waals surface area contributed by atoms with E-state index in [1.54, 1.807) is 6.92 Å². The van der Waals surface area contributed by atoms with E-state index in [1.165, 1.54) is 4.90 Å². The summed E-state index contributed by atoms with van der Waals surface area (Å²) in [5.41, 5.74) is 0.866. The zero-order valence-electron chi connectivity index (χ0n) is 11.9. The third-order valence-electron chi connectivity index (χ3n) is 2.75. The number of ether oxygens (including phenoxy) is 1. The minimum Gasteiger partial charge on any atom is -0.481 e. The molecule has 6 heteroatoms. The second kappa shape index (κ2) is 8.73. The Morgan fingerprint density at radius 3 is 2.38 bits per heavy atom. The van der Waals surface area contributed by atoms with E-state index in [-0.39, 0.29) is 38.4 Å². The SMILES string of the molecule is CCOC(=O)CN(Cc1ccccc1)C(=O)CCC(=O)O. The maximum atomic E-state index is 12.0. The maximum Gasteiger partial charge on any atom is 0.325 e. The number of benzene rings is 1. The van der Waals surface area contributed by atoms with Crippen LogP contribution in [0.15, 0.2) is 30.3 Å². The number of carbonyl (C=O) groups is 3. The molecular formula is C15H19NO5. The number of nitrogens with zero attached hydrogens (tertiary/aromatic N) is 1. The van der Waals surface area contributed by atoms with E-state index in [0.717, 1.165) is 5.56 Å². The van der Waals surface area contributed by atoms with Crippen molar-refractivity contribution in [1.82, 2.24) is 4.90 Å². The summed E-state index contributed by atoms with van der Waals surface area (Å²) in [5, 5.41) is 8.64. The summed E-state index contributed by atoms with van der Waals surface area (Å²) in [4.78, 5) is 35.5. The highest BCUT2D eigenvalue weighted by Crippen LogP contribution is 2.07. The number of carboxylic acid groups (broad SMARTS) is 1. The van der Waals surface area contributed by atoms with E-state index in [2.05, 4.69) is 0 Å². The number of esters is 1. The van der Waals surface area contributed by atoms with E-state index >= 15 is 0 Å². The monoisotopic (exact) mass is 293 g/mol. The maximum absolute atomic E-state index is 12.0. The normalized spacial score (nSPS) is 9.95. The van der Waals surface area contributed by atoms with E-state index in [9.17, 15) is 14.4 Å². The van der Waals surface area contributed by atoms with Crippen LogP contribution in [0, 0.1) is 0 Å². The van der Waals surface area contributed by atoms with Crippen LogP contribution in [0.25, 0.3) is 0 Å². The minimum absolute atomic E-state index is 0.137. The van der Waals surface area contributed by atoms with Crippen LogP contribution in [-0.4, -0.2) is 41.0 Å². The van der Waals surface area contributed by atoms with Gasteiger partial charge in [0.15, 0.2) is 0 Å². The quantitative estimate of drug-likeness (QED) is 0.733. The average Bonchev–Trinajstić information content (AvgIpc) is 2.45. The molecule has 21 heavy (non-hydrogen) atoms. The van der Waals surface area contributed by atoms with Gasteiger partial charge in [0.05, 0.1) is 13.0 Å². The largest absolute Gasteiger partial charge is 0.481 e. The van der Waals surface area contributed by atoms with Crippen LogP contribution in [0.4, 0.5) is 0 Å². The topological polar surface area (TPSA) is 83.9 Å². The highest BCUT2D eigenvalue weighted by Gasteiger charge is 2.19. The predicted molar refractivity (Wildman–Crippen MR) is 75.4 cm³/mol. The molecule has 0 aliphatic heterocycles. The molecule has 1 aromatic rings. The van der Waals surface area contributed by atoms with Crippen molar-refractivity contribution in [2.24, 2.45) is 0 Å². The van der Waals surface area contributed by atoms with Gasteiger partial charge in [-0.05, 0) is 12.5 Å². The van der Waals surface area contributed by atoms with Crippen LogP contribution in [0.3, 0.4) is 0 Å². The van der Waals surface area contributed by atoms with Crippen molar-refractivity contribution < 1.29 is 24.2 Å². The molecule has 0 aliphatic rings. The Hall–Kier alpha value is -2.37. The molecule has 1 aromatic carbocycles. The Bertz CT molecular complexity index is 486. The molecule has 0 spiro atoms. The smallest absolute Gasteiger partial charge is 0.325 e. The van der Waals surface area contributed by atoms with E-state index in [1.807, 2.05) is 30.3 Å². The van der Waals surface area contributed by atoms with Gasteiger partial charge in [-0.2, -0.15) is 0 Å². The third kappa shape index (κ3) is 6.56. The first kappa shape index (κ1) is 16.7. The lowest BCUT2D eigenvalue weighted by Gasteiger charge is -2.21. The molecule has 0 fully saturated rings. The van der Waals surface area contributed by atoms with Gasteiger partial charge in [-0.15, -0.1) is 0 Å². The van der Waals surface area contributed by atoms with Crippen LogP contribution in [0.1, 0.15) is 25.3 Å². The molecule has 0 radical (unpaired) electrons. The van der Waals surface area contributed by atoms with E-state index in [4.69, 9.17) is 9.84 Å². The van der Waals surface area contributed by atoms with Crippen LogP contribution < -0.4 is 0 Å². The van der Waals surface area contributed by atoms with Crippen molar-refractivity contribution in [3.05, 3.63) is 35.9 Å². The van der Waals surface area contributed by atoms with Gasteiger partial charge in [0.25, 0.3) is 0 Å². The number of aliphatic carboxylic acids is 1. The van der Waals surface area contributed by atoms with Gasteiger partial charge in [0.1, 0.15) is 6.54 Å². The highest BCUT2D eigenvalue weighted by atomic mass is 16.5. The molecule has 0 unspecified atom stereocenters. The van der Waals surface area contributed by atoms with Crippen LogP contribution in [0.5, 0.6) is 0 Å². The first-order chi connectivity index (χ1) is 10.0. The second-order valence-electron chi connectivity index (χ2n) is 4.43. The Balaban J connectivity index is 2.71. The predicted octanol–water partition coefficient (Wildman–Crippen LogP) is 1.44. The Morgan fingerprint density at radius 2 is 1.81 bits per heavy atom. The molecular weight excluding hydrogens is 274 g/mol. The molecule has 114 valence electrons. The molecule has 0 aromatic heterocycles. The number of amides is 1. The fourth-order valence-corrected chi connectivity index (χ4v) is 1.77. The summed E-state index contributed by atoms with van der Waals surface area (Å²) < 4.78 is 4.84. The molecule has 0 saturated carbocycles. The second-order valence-corrected chi connectivity index (χ2v) is 4.43. The van der Waals surface area contributed by atoms with Crippen LogP contribution in [-0.2, 0) is 25.7 Å². The molecule has 1 N–H and O–H groups in total. The van der Waals surface area contributed by atoms with Crippen molar-refractivity contribution in [2.75, 3.05) is 13.2 Å². The summed E-state index contributed by atoms with van der Waals surface area (Å²) in [7, 11) is 0. The van der Waals surface area contributed by atoms with Crippen molar-refractivity contribution in [1.29, 1.82) is 0 Å². The van der Waals surface area contributed by atoms with Gasteiger partial charge in [0.2, 0.25) is 5.91 Å². The van der Waals surface area contributed by atoms with Crippen molar-refractivity contribution in [3.8, 4) is 0 Å². The number of carboxylic acids is 1. The molecule has 1 amide bonds. The third-order valence-corrected chi connectivity index (χ3v) is 2.75. The van der Waals surface area contributed by atoms with Crippen LogP contribution >= 0.6 is 0 Å². The molecule has 0 bridgehead atoms. The Kier molecular flexibility index (Phi) is 6.94. The molecule has 6 nitrogen and oxygen atoms in total. The average molecular weight is 293 g/mol. The van der Waals surface area contributed by atoms with Crippen molar-refractivity contribution in [2.45, 2.75) is 26.3 Å². The number of hydrogen-bond acceptors (Lipinski definition) is 4. The number of hydrogen-bond donors (Lipinski definition) is 1. The summed E-state index contributed by atoms with van der Waals surface area (Å²) in [6.07, 6.45) is -0.394. The van der Waals surface area contributed by atoms with Crippen LogP contribution in [0.2, 0.25) is 0 Å². The first-order valence-electron chi connectivity index (χ1n) is 6.72. The molecule has 1 rings (SSSR count). The summed E-state index contributed by atoms with van der Waals surface area (Å²) >= 11 is 0. The first-order valence-corrected chi connectivity index (χ1v) is 6.72. The van der Waals surface area contributed by atoms with Gasteiger partial charge < -0.3 is 14.7 Å². The summed E-state index contributed by atoms with van der Waals surface area (Å²) in [6.45, 7) is 1.99. The Labute approximate surface area is 123 Å². The van der Waals surface area contributed by atoms with Gasteiger partial charge >= 0.3 is 11.9 Å². The zero-order chi connectivity index (χ0) is 15.7. The lowest BCUT2D eigenvalue weighted by Crippen LogP contribution is -2.36. The molecule has 0 saturated heterocycles. The Morgan fingerprint density at radius 1 is 1.14 bits per heavy atom. The van der Waals surface area contributed by atoms with Gasteiger partial charge in [-0.1, -0.05) is 30.3 Å². The highest BCUT2D eigenvalue weighted by molar-refractivity contribution is 5.84. The fourth-order valence-electron chi connectivity index (χ4n) is 1.77. The molecule has 0 heterocycles. The van der Waals surface area contributed by atoms with E-state index in [0.29, 0.717) is 0 Å². The minimum atomic E-state index is -1.04. The lowest BCUT2D eigenvalue weighted by molar-refractivity contribution is -0.149. The van der Waals surface area contributed by atoms with E-state index < -0.39 is 11.9 Å². The van der Waals surface area contributed by atoms with Crippen molar-refractivity contribution in [3.63, 3.8) is 0 Å². The van der Waals surface area contributed by atoms with Gasteiger partial charge in [0, 0.05) is 13.0 Å². The van der Waals surface area contributed by atoms with Gasteiger partial charge in [-0.25, -0.2) is 0 Å². The van der Waals surface area contributed by atoms with Gasteiger partial charge in [-0.3, -0.25) is 14.4 Å². The standard InChI is InChI=1S/C15H19NO5/c1-2-21-15(20)11-16(13(17)8-9-14(18)19)10-12-6-4-3-5-7-12/h3-7H,2,8-11H2,1H3,(H,18,19). The molecule has 0 atom stereocenters. The fraction of sp³-hybridized carbons (Fsp3) is 0.400. The summed E-state index contributed by atoms with van der Waals surface area (Å²) in [6, 6.07) is 9.19. The van der Waals surface area contributed by atoms with Crippen molar-refractivity contribution >= 4 is 17.8 Å². The number of rotatable bonds is 8. The number of carbonyl (C=O) groups excluding carboxylic acids is 2. The zero-order valence-corrected chi connectivity index (χ0v) is 11.9. The summed E-state index contributed by atoms with van der Waals surface area (Å²) in [5.74, 6) is -1.93. The lowest BCUT2D eigenvalue weighted by atomic mass is 10.2.